The van der Waals surface area contributed by atoms with E-state index in [1.165, 1.54) is 25.2 Å². The third kappa shape index (κ3) is 4.40. The summed E-state index contributed by atoms with van der Waals surface area (Å²) in [5.41, 5.74) is 0.852. The summed E-state index contributed by atoms with van der Waals surface area (Å²) in [4.78, 5) is 17.5. The highest BCUT2D eigenvalue weighted by Crippen LogP contribution is 2.33. The number of carbonyl (C=O) groups excluding carboxylic acids is 1. The molecular formula is C18H18Cl2N2O2S. The predicted octanol–water partition coefficient (Wildman–Crippen LogP) is 5.68. The van der Waals surface area contributed by atoms with Gasteiger partial charge in [0, 0.05) is 22.9 Å². The molecule has 0 aliphatic heterocycles. The van der Waals surface area contributed by atoms with Crippen LogP contribution < -0.4 is 10.1 Å². The normalized spacial score (nSPS) is 14.5. The number of nitrogens with one attached hydrogen (secondary N) is 1. The van der Waals surface area contributed by atoms with Gasteiger partial charge in [-0.05, 0) is 50.1 Å². The lowest BCUT2D eigenvalue weighted by Gasteiger charge is -2.17. The molecule has 0 unspecified atom stereocenters. The van der Waals surface area contributed by atoms with E-state index >= 15 is 0 Å². The van der Waals surface area contributed by atoms with Gasteiger partial charge >= 0.3 is 0 Å². The van der Waals surface area contributed by atoms with Crippen molar-refractivity contribution in [1.82, 2.24) is 4.98 Å². The summed E-state index contributed by atoms with van der Waals surface area (Å²) in [5, 5.41) is 3.34. The average Bonchev–Trinajstić information content (AvgIpc) is 3.11. The van der Waals surface area contributed by atoms with Gasteiger partial charge in [0.15, 0.2) is 0 Å². The van der Waals surface area contributed by atoms with E-state index in [1.54, 1.807) is 23.9 Å². The minimum Gasteiger partial charge on any atom is -0.489 e. The number of rotatable bonds is 5. The number of aromatic nitrogens is 1. The Labute approximate surface area is 161 Å². The van der Waals surface area contributed by atoms with E-state index in [2.05, 4.69) is 10.3 Å². The molecule has 1 aromatic heterocycles. The minimum absolute atomic E-state index is 0.230. The Balaban J connectivity index is 1.82. The molecule has 1 saturated carbocycles. The summed E-state index contributed by atoms with van der Waals surface area (Å²) in [6.45, 7) is 0. The van der Waals surface area contributed by atoms with Crippen molar-refractivity contribution < 1.29 is 9.53 Å². The first-order valence-electron chi connectivity index (χ1n) is 8.03. The van der Waals surface area contributed by atoms with Crippen LogP contribution >= 0.6 is 35.0 Å². The Morgan fingerprint density at radius 3 is 2.56 bits per heavy atom. The van der Waals surface area contributed by atoms with Crippen LogP contribution in [0.5, 0.6) is 5.75 Å². The van der Waals surface area contributed by atoms with Gasteiger partial charge in [-0.3, -0.25) is 9.78 Å². The van der Waals surface area contributed by atoms with Crippen molar-refractivity contribution in [3.8, 4) is 5.75 Å². The lowest BCUT2D eigenvalue weighted by atomic mass is 10.2. The number of benzene rings is 1. The van der Waals surface area contributed by atoms with E-state index in [0.29, 0.717) is 21.3 Å². The monoisotopic (exact) mass is 396 g/mol. The number of ether oxygens (including phenoxy) is 1. The molecule has 2 aromatic rings. The summed E-state index contributed by atoms with van der Waals surface area (Å²) in [7, 11) is 0. The van der Waals surface area contributed by atoms with Gasteiger partial charge < -0.3 is 10.1 Å². The molecule has 1 amide bonds. The molecule has 1 aromatic carbocycles. The zero-order valence-corrected chi connectivity index (χ0v) is 16.0. The molecule has 4 nitrogen and oxygen atoms in total. The Morgan fingerprint density at radius 1 is 1.24 bits per heavy atom. The molecule has 3 rings (SSSR count). The summed E-state index contributed by atoms with van der Waals surface area (Å²) < 4.78 is 6.12. The lowest BCUT2D eigenvalue weighted by molar-refractivity contribution is 0.102. The van der Waals surface area contributed by atoms with Crippen molar-refractivity contribution in [3.63, 3.8) is 0 Å². The van der Waals surface area contributed by atoms with Crippen molar-refractivity contribution in [2.24, 2.45) is 0 Å². The van der Waals surface area contributed by atoms with Crippen LogP contribution in [-0.4, -0.2) is 23.3 Å². The smallest absolute Gasteiger partial charge is 0.255 e. The topological polar surface area (TPSA) is 51.2 Å². The van der Waals surface area contributed by atoms with Crippen molar-refractivity contribution in [3.05, 3.63) is 46.2 Å². The van der Waals surface area contributed by atoms with Crippen molar-refractivity contribution in [1.29, 1.82) is 0 Å². The maximum Gasteiger partial charge on any atom is 0.255 e. The van der Waals surface area contributed by atoms with E-state index in [9.17, 15) is 4.79 Å². The first-order chi connectivity index (χ1) is 12.1. The van der Waals surface area contributed by atoms with E-state index in [-0.39, 0.29) is 12.0 Å². The highest BCUT2D eigenvalue weighted by Gasteiger charge is 2.19. The maximum atomic E-state index is 12.6. The number of thioether (sulfide) groups is 1. The van der Waals surface area contributed by atoms with Crippen LogP contribution in [0.4, 0.5) is 5.69 Å². The highest BCUT2D eigenvalue weighted by molar-refractivity contribution is 7.98. The Bertz CT molecular complexity index is 759. The zero-order valence-electron chi connectivity index (χ0n) is 13.7. The summed E-state index contributed by atoms with van der Waals surface area (Å²) in [5.74, 6) is 0.456. The van der Waals surface area contributed by atoms with Crippen LogP contribution in [0.1, 0.15) is 36.0 Å². The van der Waals surface area contributed by atoms with Crippen LogP contribution in [0, 0.1) is 0 Å². The summed E-state index contributed by atoms with van der Waals surface area (Å²) in [6, 6.07) is 5.45. The first-order valence-corrected chi connectivity index (χ1v) is 10.0. The molecule has 1 heterocycles. The van der Waals surface area contributed by atoms with Crippen LogP contribution in [0.3, 0.4) is 0 Å². The second-order valence-corrected chi connectivity index (χ2v) is 7.48. The number of amides is 1. The molecule has 7 heteroatoms. The van der Waals surface area contributed by atoms with E-state index in [1.807, 2.05) is 12.3 Å². The Hall–Kier alpha value is -1.43. The number of anilines is 1. The van der Waals surface area contributed by atoms with Gasteiger partial charge in [0.2, 0.25) is 0 Å². The van der Waals surface area contributed by atoms with Gasteiger partial charge in [-0.25, -0.2) is 0 Å². The van der Waals surface area contributed by atoms with E-state index in [4.69, 9.17) is 27.9 Å². The number of halogens is 2. The van der Waals surface area contributed by atoms with Crippen molar-refractivity contribution in [2.75, 3.05) is 11.6 Å². The summed E-state index contributed by atoms with van der Waals surface area (Å²) >= 11 is 13.7. The summed E-state index contributed by atoms with van der Waals surface area (Å²) in [6.07, 6.45) is 9.61. The standard InChI is InChI=1S/C18H18Cl2N2O2S/c1-25-16-7-6-11(8-15(16)24-12-4-2-3-5-12)18(23)22-17-13(19)9-21-10-14(17)20/h6-10,12H,2-5H2,1H3,(H,21,22,23). The largest absolute Gasteiger partial charge is 0.489 e. The third-order valence-corrected chi connectivity index (χ3v) is 5.46. The molecule has 132 valence electrons. The predicted molar refractivity (Wildman–Crippen MR) is 103 cm³/mol. The van der Waals surface area contributed by atoms with Gasteiger partial charge in [0.25, 0.3) is 5.91 Å². The quantitative estimate of drug-likeness (QED) is 0.659. The number of hydrogen-bond donors (Lipinski definition) is 1. The van der Waals surface area contributed by atoms with Crippen LogP contribution in [-0.2, 0) is 0 Å². The van der Waals surface area contributed by atoms with Gasteiger partial charge in [-0.15, -0.1) is 11.8 Å². The molecule has 1 fully saturated rings. The second kappa shape index (κ2) is 8.30. The fourth-order valence-electron chi connectivity index (χ4n) is 2.81. The van der Waals surface area contributed by atoms with E-state index < -0.39 is 0 Å². The van der Waals surface area contributed by atoms with Gasteiger partial charge in [0.1, 0.15) is 5.75 Å². The first kappa shape index (κ1) is 18.4. The van der Waals surface area contributed by atoms with Crippen LogP contribution in [0.15, 0.2) is 35.5 Å². The molecule has 1 aliphatic rings. The fraction of sp³-hybridized carbons (Fsp3) is 0.333. The SMILES string of the molecule is CSc1ccc(C(=O)Nc2c(Cl)cncc2Cl)cc1OC1CCCC1. The number of hydrogen-bond acceptors (Lipinski definition) is 4. The third-order valence-electron chi connectivity index (χ3n) is 4.11. The Morgan fingerprint density at radius 2 is 1.92 bits per heavy atom. The second-order valence-electron chi connectivity index (χ2n) is 5.82. The van der Waals surface area contributed by atoms with E-state index in [0.717, 1.165) is 23.5 Å². The molecule has 0 spiro atoms. The Kier molecular flexibility index (Phi) is 6.10. The van der Waals surface area contributed by atoms with Crippen molar-refractivity contribution >= 4 is 46.6 Å². The van der Waals surface area contributed by atoms with Gasteiger partial charge in [-0.2, -0.15) is 0 Å². The molecule has 0 atom stereocenters. The fourth-order valence-corrected chi connectivity index (χ4v) is 3.78. The van der Waals surface area contributed by atoms with Crippen LogP contribution in [0.25, 0.3) is 0 Å². The molecule has 1 aliphatic carbocycles. The number of pyridine rings is 1. The lowest BCUT2D eigenvalue weighted by Crippen LogP contribution is -2.15. The molecule has 25 heavy (non-hydrogen) atoms. The zero-order chi connectivity index (χ0) is 17.8. The van der Waals surface area contributed by atoms with Gasteiger partial charge in [0.05, 0.1) is 21.8 Å². The molecule has 0 radical (unpaired) electrons. The molecule has 1 N–H and O–H groups in total. The maximum absolute atomic E-state index is 12.6. The van der Waals surface area contributed by atoms with Crippen molar-refractivity contribution in [2.45, 2.75) is 36.7 Å². The average molecular weight is 397 g/mol. The van der Waals surface area contributed by atoms with Gasteiger partial charge in [-0.1, -0.05) is 23.2 Å². The van der Waals surface area contributed by atoms with Crippen LogP contribution in [0.2, 0.25) is 10.0 Å². The highest BCUT2D eigenvalue weighted by atomic mass is 35.5. The number of carbonyl (C=O) groups is 1. The number of nitrogens with zero attached hydrogens (tertiary/aromatic N) is 1. The minimum atomic E-state index is -0.293. The molecular weight excluding hydrogens is 379 g/mol. The molecule has 0 saturated heterocycles. The molecule has 0 bridgehead atoms.